The Hall–Kier alpha value is -2.71. The number of carbonyl (C=O) groups is 5. The Morgan fingerprint density at radius 2 is 1.76 bits per heavy atom. The minimum atomic E-state index is -0.873. The molecule has 2 rings (SSSR count). The summed E-state index contributed by atoms with van der Waals surface area (Å²) in [5.74, 6) is -3.07. The van der Waals surface area contributed by atoms with Gasteiger partial charge in [0.05, 0.1) is 11.8 Å². The lowest BCUT2D eigenvalue weighted by Gasteiger charge is -2.19. The van der Waals surface area contributed by atoms with E-state index in [2.05, 4.69) is 11.9 Å². The summed E-state index contributed by atoms with van der Waals surface area (Å²) in [7, 11) is 0. The van der Waals surface area contributed by atoms with Gasteiger partial charge in [-0.1, -0.05) is 18.9 Å². The van der Waals surface area contributed by atoms with Crippen LogP contribution in [0.1, 0.15) is 25.7 Å². The smallest absolute Gasteiger partial charge is 0.326 e. The van der Waals surface area contributed by atoms with Crippen molar-refractivity contribution >= 4 is 29.7 Å². The van der Waals surface area contributed by atoms with E-state index in [1.807, 2.05) is 5.32 Å². The Morgan fingerprint density at radius 1 is 1.16 bits per heavy atom. The van der Waals surface area contributed by atoms with Crippen LogP contribution in [-0.2, 0) is 23.9 Å². The lowest BCUT2D eigenvalue weighted by Crippen LogP contribution is -2.42. The third-order valence-electron chi connectivity index (χ3n) is 4.24. The molecule has 2 N–H and O–H groups in total. The summed E-state index contributed by atoms with van der Waals surface area (Å²) in [6.45, 7) is 2.39. The van der Waals surface area contributed by atoms with Gasteiger partial charge in [0.1, 0.15) is 6.54 Å². The molecule has 2 atom stereocenters. The highest BCUT2D eigenvalue weighted by Gasteiger charge is 2.48. The molecule has 0 spiro atoms. The molecule has 0 aromatic heterocycles. The van der Waals surface area contributed by atoms with Crippen molar-refractivity contribution in [2.24, 2.45) is 11.8 Å². The van der Waals surface area contributed by atoms with Crippen molar-refractivity contribution in [2.75, 3.05) is 19.7 Å². The first-order valence-corrected chi connectivity index (χ1v) is 8.13. The lowest BCUT2D eigenvalue weighted by atomic mass is 9.81. The number of amides is 5. The zero-order valence-corrected chi connectivity index (χ0v) is 13.8. The van der Waals surface area contributed by atoms with Gasteiger partial charge in [0.2, 0.25) is 11.8 Å². The first kappa shape index (κ1) is 18.6. The lowest BCUT2D eigenvalue weighted by molar-refractivity contribution is -0.154. The normalized spacial score (nSPS) is 22.2. The maximum absolute atomic E-state index is 12.2. The predicted octanol–water partition coefficient (Wildman–Crippen LogP) is -0.283. The molecule has 1 aliphatic heterocycles. The molecule has 25 heavy (non-hydrogen) atoms. The summed E-state index contributed by atoms with van der Waals surface area (Å²) in [5.41, 5.74) is 0. The number of likely N-dealkylation sites (tertiary alicyclic amines) is 1. The van der Waals surface area contributed by atoms with Crippen molar-refractivity contribution in [1.29, 1.82) is 0 Å². The molecule has 1 saturated carbocycles. The van der Waals surface area contributed by atoms with E-state index in [1.165, 1.54) is 6.08 Å². The van der Waals surface area contributed by atoms with E-state index in [1.54, 1.807) is 0 Å². The topological polar surface area (TPSA) is 122 Å². The van der Waals surface area contributed by atoms with Gasteiger partial charge in [-0.3, -0.25) is 29.4 Å². The van der Waals surface area contributed by atoms with Gasteiger partial charge in [0, 0.05) is 6.54 Å². The van der Waals surface area contributed by atoms with Crippen LogP contribution in [0.4, 0.5) is 4.79 Å². The van der Waals surface area contributed by atoms with Crippen molar-refractivity contribution in [3.63, 3.8) is 0 Å². The minimum absolute atomic E-state index is 0.181. The molecule has 2 fully saturated rings. The Bertz CT molecular complexity index is 579. The molecule has 1 heterocycles. The third-order valence-corrected chi connectivity index (χ3v) is 4.24. The summed E-state index contributed by atoms with van der Waals surface area (Å²) < 4.78 is 4.72. The van der Waals surface area contributed by atoms with Gasteiger partial charge >= 0.3 is 12.0 Å². The number of hydrogen-bond acceptors (Lipinski definition) is 6. The molecular weight excluding hydrogens is 330 g/mol. The molecule has 0 aromatic rings. The average molecular weight is 351 g/mol. The Labute approximate surface area is 144 Å². The van der Waals surface area contributed by atoms with Gasteiger partial charge < -0.3 is 10.1 Å². The van der Waals surface area contributed by atoms with Gasteiger partial charge in [-0.25, -0.2) is 4.79 Å². The zero-order valence-electron chi connectivity index (χ0n) is 13.8. The number of urea groups is 1. The van der Waals surface area contributed by atoms with Crippen molar-refractivity contribution < 1.29 is 28.7 Å². The number of rotatable bonds is 6. The van der Waals surface area contributed by atoms with Crippen molar-refractivity contribution in [3.8, 4) is 0 Å². The predicted molar refractivity (Wildman–Crippen MR) is 84.9 cm³/mol. The van der Waals surface area contributed by atoms with Crippen LogP contribution in [0.5, 0.6) is 0 Å². The highest BCUT2D eigenvalue weighted by atomic mass is 16.5. The van der Waals surface area contributed by atoms with Crippen LogP contribution in [0, 0.1) is 11.8 Å². The first-order chi connectivity index (χ1) is 11.9. The van der Waals surface area contributed by atoms with Crippen molar-refractivity contribution in [1.82, 2.24) is 15.5 Å². The Kier molecular flexibility index (Phi) is 6.26. The summed E-state index contributed by atoms with van der Waals surface area (Å²) in [5, 5.41) is 4.28. The maximum Gasteiger partial charge on any atom is 0.326 e. The molecule has 5 amide bonds. The zero-order chi connectivity index (χ0) is 18.4. The van der Waals surface area contributed by atoms with E-state index in [9.17, 15) is 24.0 Å². The van der Waals surface area contributed by atoms with Gasteiger partial charge in [-0.15, -0.1) is 6.58 Å². The second-order valence-corrected chi connectivity index (χ2v) is 5.97. The van der Waals surface area contributed by atoms with Crippen molar-refractivity contribution in [2.45, 2.75) is 25.7 Å². The number of nitrogens with zero attached hydrogens (tertiary/aromatic N) is 1. The molecule has 1 saturated heterocycles. The number of hydrogen-bond donors (Lipinski definition) is 2. The van der Waals surface area contributed by atoms with E-state index >= 15 is 0 Å². The number of nitrogens with one attached hydrogen (secondary N) is 2. The Morgan fingerprint density at radius 3 is 2.32 bits per heavy atom. The van der Waals surface area contributed by atoms with Crippen LogP contribution in [-0.4, -0.2) is 54.3 Å². The van der Waals surface area contributed by atoms with Crippen LogP contribution in [0.25, 0.3) is 0 Å². The summed E-state index contributed by atoms with van der Waals surface area (Å²) in [6.07, 6.45) is 4.54. The van der Waals surface area contributed by atoms with E-state index < -0.39 is 31.1 Å². The molecule has 0 bridgehead atoms. The van der Waals surface area contributed by atoms with Gasteiger partial charge in [0.15, 0.2) is 6.61 Å². The quantitative estimate of drug-likeness (QED) is 0.385. The molecule has 9 heteroatoms. The van der Waals surface area contributed by atoms with E-state index in [0.717, 1.165) is 17.7 Å². The van der Waals surface area contributed by atoms with Crippen molar-refractivity contribution in [3.05, 3.63) is 12.7 Å². The van der Waals surface area contributed by atoms with Crippen LogP contribution in [0.15, 0.2) is 12.7 Å². The number of ether oxygens (including phenoxy) is 1. The highest BCUT2D eigenvalue weighted by Crippen LogP contribution is 2.37. The monoisotopic (exact) mass is 351 g/mol. The average Bonchev–Trinajstić information content (AvgIpc) is 2.83. The van der Waals surface area contributed by atoms with Gasteiger partial charge in [-0.05, 0) is 12.8 Å². The van der Waals surface area contributed by atoms with E-state index in [0.29, 0.717) is 12.8 Å². The fourth-order valence-corrected chi connectivity index (χ4v) is 3.08. The summed E-state index contributed by atoms with van der Waals surface area (Å²) in [6, 6.07) is -0.741. The highest BCUT2D eigenvalue weighted by molar-refractivity contribution is 6.07. The summed E-state index contributed by atoms with van der Waals surface area (Å²) in [4.78, 5) is 59.9. The van der Waals surface area contributed by atoms with E-state index in [4.69, 9.17) is 4.74 Å². The molecule has 0 aromatic carbocycles. The largest absolute Gasteiger partial charge is 0.454 e. The maximum atomic E-state index is 12.2. The second kappa shape index (κ2) is 8.41. The fraction of sp³-hybridized carbons (Fsp3) is 0.562. The molecule has 0 unspecified atom stereocenters. The van der Waals surface area contributed by atoms with Crippen LogP contribution in [0.2, 0.25) is 0 Å². The fourth-order valence-electron chi connectivity index (χ4n) is 3.08. The van der Waals surface area contributed by atoms with Gasteiger partial charge in [0.25, 0.3) is 5.91 Å². The SMILES string of the molecule is C=CCNC(=O)NC(=O)COC(=O)CN1C(=O)[C@H]2CCCC[C@H]2C1=O. The third kappa shape index (κ3) is 4.65. The van der Waals surface area contributed by atoms with Crippen LogP contribution >= 0.6 is 0 Å². The standard InChI is InChI=1S/C16H21N3O6/c1-2-7-17-16(24)18-12(20)9-25-13(21)8-19-14(22)10-5-3-4-6-11(10)15(19)23/h2,10-11H,1,3-9H2,(H2,17,18,20,24)/t10-,11+. The molecule has 9 nitrogen and oxygen atoms in total. The van der Waals surface area contributed by atoms with Crippen LogP contribution in [0.3, 0.4) is 0 Å². The molecule has 2 aliphatic rings. The molecule has 1 aliphatic carbocycles. The number of esters is 1. The first-order valence-electron chi connectivity index (χ1n) is 8.13. The molecule has 0 radical (unpaired) electrons. The molecular formula is C16H21N3O6. The van der Waals surface area contributed by atoms with E-state index in [-0.39, 0.29) is 30.2 Å². The Balaban J connectivity index is 1.77. The second-order valence-electron chi connectivity index (χ2n) is 5.97. The van der Waals surface area contributed by atoms with Crippen LogP contribution < -0.4 is 10.6 Å². The number of fused-ring (bicyclic) bond motifs is 1. The number of imide groups is 2. The minimum Gasteiger partial charge on any atom is -0.454 e. The summed E-state index contributed by atoms with van der Waals surface area (Å²) >= 11 is 0. The number of carbonyl (C=O) groups excluding carboxylic acids is 5. The molecule has 136 valence electrons. The van der Waals surface area contributed by atoms with Gasteiger partial charge in [-0.2, -0.15) is 0 Å².